The van der Waals surface area contributed by atoms with Gasteiger partial charge in [0, 0.05) is 25.3 Å². The molecule has 5 heteroatoms. The largest absolute Gasteiger partial charge is 0.326 e. The van der Waals surface area contributed by atoms with E-state index in [1.54, 1.807) is 12.4 Å². The molecule has 0 radical (unpaired) electrons. The van der Waals surface area contributed by atoms with Gasteiger partial charge in [-0.15, -0.1) is 11.6 Å². The van der Waals surface area contributed by atoms with E-state index in [2.05, 4.69) is 40.3 Å². The maximum Gasteiger partial charge on any atom is 0.124 e. The first-order valence-electron chi connectivity index (χ1n) is 6.72. The average molecular weight is 281 g/mol. The molecule has 2 aromatic heterocycles. The first kappa shape index (κ1) is 14.3. The predicted molar refractivity (Wildman–Crippen MR) is 79.5 cm³/mol. The Balaban J connectivity index is 2.19. The van der Waals surface area contributed by atoms with Crippen LogP contribution in [-0.2, 0) is 12.4 Å². The Bertz CT molecular complexity index is 537. The number of rotatable bonds is 6. The van der Waals surface area contributed by atoms with E-state index in [1.165, 1.54) is 0 Å². The zero-order valence-corrected chi connectivity index (χ0v) is 12.6. The van der Waals surface area contributed by atoms with Crippen LogP contribution >= 0.6 is 11.6 Å². The third kappa shape index (κ3) is 3.07. The van der Waals surface area contributed by atoms with Crippen LogP contribution in [0.3, 0.4) is 0 Å². The molecular weight excluding hydrogens is 260 g/mol. The van der Waals surface area contributed by atoms with Crippen LogP contribution < -0.4 is 0 Å². The fraction of sp³-hybridized carbons (Fsp3) is 0.571. The minimum atomic E-state index is 0.432. The van der Waals surface area contributed by atoms with Crippen molar-refractivity contribution in [3.8, 4) is 0 Å². The molecule has 0 amide bonds. The number of alkyl halides is 1. The van der Waals surface area contributed by atoms with Crippen molar-refractivity contribution in [3.05, 3.63) is 24.3 Å². The summed E-state index contributed by atoms with van der Waals surface area (Å²) in [5.74, 6) is 1.35. The molecule has 0 fully saturated rings. The van der Waals surface area contributed by atoms with Gasteiger partial charge in [-0.05, 0) is 26.5 Å². The lowest BCUT2D eigenvalue weighted by Crippen LogP contribution is -2.31. The van der Waals surface area contributed by atoms with Crippen molar-refractivity contribution in [2.24, 2.45) is 0 Å². The zero-order valence-electron chi connectivity index (χ0n) is 11.8. The topological polar surface area (TPSA) is 34.0 Å². The van der Waals surface area contributed by atoms with Crippen molar-refractivity contribution in [2.75, 3.05) is 13.6 Å². The van der Waals surface area contributed by atoms with Crippen LogP contribution in [0.1, 0.15) is 26.1 Å². The number of halogens is 1. The Labute approximate surface area is 119 Å². The highest BCUT2D eigenvalue weighted by Crippen LogP contribution is 2.16. The highest BCUT2D eigenvalue weighted by Gasteiger charge is 2.12. The molecule has 0 N–H and O–H groups in total. The second-order valence-electron chi connectivity index (χ2n) is 4.92. The van der Waals surface area contributed by atoms with Gasteiger partial charge in [-0.1, -0.05) is 6.92 Å². The first-order valence-corrected chi connectivity index (χ1v) is 7.26. The molecule has 0 aliphatic carbocycles. The number of aromatic nitrogens is 3. The first-order chi connectivity index (χ1) is 9.17. The molecule has 1 unspecified atom stereocenters. The van der Waals surface area contributed by atoms with E-state index < -0.39 is 0 Å². The van der Waals surface area contributed by atoms with E-state index in [0.717, 1.165) is 36.4 Å². The third-order valence-electron chi connectivity index (χ3n) is 3.77. The van der Waals surface area contributed by atoms with E-state index in [4.69, 9.17) is 11.6 Å². The van der Waals surface area contributed by atoms with Gasteiger partial charge in [0.1, 0.15) is 11.3 Å². The Morgan fingerprint density at radius 3 is 2.95 bits per heavy atom. The summed E-state index contributed by atoms with van der Waals surface area (Å²) in [6.45, 7) is 6.36. The molecule has 0 bridgehead atoms. The van der Waals surface area contributed by atoms with Gasteiger partial charge in [0.25, 0.3) is 0 Å². The Morgan fingerprint density at radius 2 is 2.26 bits per heavy atom. The van der Waals surface area contributed by atoms with Crippen molar-refractivity contribution in [1.29, 1.82) is 0 Å². The molecule has 0 saturated carbocycles. The molecule has 2 aromatic rings. The van der Waals surface area contributed by atoms with Crippen LogP contribution in [0.2, 0.25) is 0 Å². The Morgan fingerprint density at radius 1 is 1.47 bits per heavy atom. The van der Waals surface area contributed by atoms with Crippen LogP contribution in [0, 0.1) is 0 Å². The van der Waals surface area contributed by atoms with E-state index in [9.17, 15) is 0 Å². The van der Waals surface area contributed by atoms with Crippen molar-refractivity contribution < 1.29 is 0 Å². The maximum absolute atomic E-state index is 5.99. The van der Waals surface area contributed by atoms with Gasteiger partial charge in [0.05, 0.1) is 17.6 Å². The smallest absolute Gasteiger partial charge is 0.124 e. The van der Waals surface area contributed by atoms with Gasteiger partial charge < -0.3 is 9.47 Å². The van der Waals surface area contributed by atoms with Crippen molar-refractivity contribution in [2.45, 2.75) is 38.7 Å². The number of pyridine rings is 1. The fourth-order valence-corrected chi connectivity index (χ4v) is 2.38. The minimum Gasteiger partial charge on any atom is -0.326 e. The number of hydrogen-bond acceptors (Lipinski definition) is 3. The summed E-state index contributed by atoms with van der Waals surface area (Å²) in [6, 6.07) is 2.60. The Hall–Kier alpha value is -1.13. The SMILES string of the molecule is CCC(C)N(C)CCn1c(CCl)nc2cnccc21. The molecule has 104 valence electrons. The summed E-state index contributed by atoms with van der Waals surface area (Å²) < 4.78 is 2.20. The summed E-state index contributed by atoms with van der Waals surface area (Å²) in [5.41, 5.74) is 2.03. The fourth-order valence-electron chi connectivity index (χ4n) is 2.17. The summed E-state index contributed by atoms with van der Waals surface area (Å²) in [6.07, 6.45) is 4.75. The maximum atomic E-state index is 5.99. The van der Waals surface area contributed by atoms with Gasteiger partial charge in [0.15, 0.2) is 0 Å². The number of imidazole rings is 1. The van der Waals surface area contributed by atoms with Crippen molar-refractivity contribution >= 4 is 22.6 Å². The third-order valence-corrected chi connectivity index (χ3v) is 4.01. The number of hydrogen-bond donors (Lipinski definition) is 0. The standard InChI is InChI=1S/C14H21ClN4/c1-4-11(2)18(3)7-8-19-13-5-6-16-10-12(13)17-14(19)9-15/h5-6,10-11H,4,7-9H2,1-3H3. The molecule has 4 nitrogen and oxygen atoms in total. The molecular formula is C14H21ClN4. The highest BCUT2D eigenvalue weighted by molar-refractivity contribution is 6.16. The van der Waals surface area contributed by atoms with Gasteiger partial charge in [-0.2, -0.15) is 0 Å². The van der Waals surface area contributed by atoms with Gasteiger partial charge in [0.2, 0.25) is 0 Å². The lowest BCUT2D eigenvalue weighted by atomic mass is 10.2. The predicted octanol–water partition coefficient (Wildman–Crippen LogP) is 2.90. The van der Waals surface area contributed by atoms with Crippen LogP contribution in [0.15, 0.2) is 18.5 Å². The zero-order chi connectivity index (χ0) is 13.8. The number of fused-ring (bicyclic) bond motifs is 1. The lowest BCUT2D eigenvalue weighted by Gasteiger charge is -2.24. The average Bonchev–Trinajstić information content (AvgIpc) is 2.81. The molecule has 0 aliphatic heterocycles. The number of likely N-dealkylation sites (N-methyl/N-ethyl adjacent to an activating group) is 1. The molecule has 1 atom stereocenters. The minimum absolute atomic E-state index is 0.432. The molecule has 2 heterocycles. The van der Waals surface area contributed by atoms with Crippen molar-refractivity contribution in [3.63, 3.8) is 0 Å². The second-order valence-corrected chi connectivity index (χ2v) is 5.18. The summed E-state index contributed by atoms with van der Waals surface area (Å²) in [5, 5.41) is 0. The highest BCUT2D eigenvalue weighted by atomic mass is 35.5. The van der Waals surface area contributed by atoms with Crippen LogP contribution in [-0.4, -0.2) is 39.1 Å². The monoisotopic (exact) mass is 280 g/mol. The van der Waals surface area contributed by atoms with Crippen LogP contribution in [0.25, 0.3) is 11.0 Å². The quantitative estimate of drug-likeness (QED) is 0.763. The van der Waals surface area contributed by atoms with Crippen LogP contribution in [0.4, 0.5) is 0 Å². The van der Waals surface area contributed by atoms with Gasteiger partial charge >= 0.3 is 0 Å². The second kappa shape index (κ2) is 6.35. The van der Waals surface area contributed by atoms with E-state index in [0.29, 0.717) is 11.9 Å². The molecule has 2 rings (SSSR count). The van der Waals surface area contributed by atoms with E-state index >= 15 is 0 Å². The van der Waals surface area contributed by atoms with Crippen molar-refractivity contribution in [1.82, 2.24) is 19.4 Å². The normalized spacial score (nSPS) is 13.3. The van der Waals surface area contributed by atoms with Gasteiger partial charge in [-0.25, -0.2) is 4.98 Å². The van der Waals surface area contributed by atoms with Gasteiger partial charge in [-0.3, -0.25) is 4.98 Å². The lowest BCUT2D eigenvalue weighted by molar-refractivity contribution is 0.243. The Kier molecular flexibility index (Phi) is 4.77. The molecule has 0 aliphatic rings. The van der Waals surface area contributed by atoms with Crippen LogP contribution in [0.5, 0.6) is 0 Å². The molecule has 19 heavy (non-hydrogen) atoms. The molecule has 0 spiro atoms. The molecule has 0 aromatic carbocycles. The van der Waals surface area contributed by atoms with E-state index in [1.807, 2.05) is 6.07 Å². The number of nitrogens with zero attached hydrogens (tertiary/aromatic N) is 4. The summed E-state index contributed by atoms with van der Waals surface area (Å²) >= 11 is 5.99. The summed E-state index contributed by atoms with van der Waals surface area (Å²) in [4.78, 5) is 11.0. The summed E-state index contributed by atoms with van der Waals surface area (Å²) in [7, 11) is 2.16. The van der Waals surface area contributed by atoms with E-state index in [-0.39, 0.29) is 0 Å². The molecule has 0 saturated heterocycles.